The van der Waals surface area contributed by atoms with Crippen molar-refractivity contribution >= 4 is 78.7 Å². The molecule has 1 aromatic heterocycles. The second-order valence-electron chi connectivity index (χ2n) is 22.0. The normalized spacial score (nSPS) is 16.7. The Morgan fingerprint density at radius 1 is 0.420 bits per heavy atom. The first-order chi connectivity index (χ1) is 39.8. The van der Waals surface area contributed by atoms with Crippen molar-refractivity contribution in [1.29, 1.82) is 0 Å². The summed E-state index contributed by atoms with van der Waals surface area (Å²) in [6.07, 6.45) is 12.1. The molecular weight excluding hydrogens is 993 g/mol. The Morgan fingerprint density at radius 3 is 1.49 bits per heavy atom. The minimum absolute atomic E-state index is 0.0821. The van der Waals surface area contributed by atoms with Gasteiger partial charge in [-0.1, -0.05) is 178 Å². The lowest BCUT2D eigenvalue weighted by molar-refractivity contribution is 0.473. The fraction of sp³-hybridized carbons (Fsp3) is 0.105. The number of fused-ring (bicyclic) bond motifs is 5. The molecule has 81 heavy (non-hydrogen) atoms. The summed E-state index contributed by atoms with van der Waals surface area (Å²) in [5.74, 6) is 0.611. The number of allylic oxidation sites excluding steroid dienone is 2. The molecule has 14 rings (SSSR count). The Hall–Kier alpha value is -9.58. The largest absolute Gasteiger partial charge is 0.310 e. The van der Waals surface area contributed by atoms with Crippen molar-refractivity contribution in [3.05, 3.63) is 294 Å². The molecule has 0 amide bonds. The molecule has 0 bridgehead atoms. The Kier molecular flexibility index (Phi) is 12.8. The molecule has 0 spiro atoms. The van der Waals surface area contributed by atoms with Crippen LogP contribution in [0.2, 0.25) is 0 Å². The molecule has 4 atom stereocenters. The van der Waals surface area contributed by atoms with Crippen LogP contribution in [0.15, 0.2) is 261 Å². The lowest BCUT2D eigenvalue weighted by Gasteiger charge is -2.28. The van der Waals surface area contributed by atoms with E-state index in [4.69, 9.17) is 0 Å². The summed E-state index contributed by atoms with van der Waals surface area (Å²) < 4.78 is 32.0. The Bertz CT molecular complexity index is 4410. The molecule has 3 nitrogen and oxygen atoms in total. The Balaban J connectivity index is 0.893. The van der Waals surface area contributed by atoms with Crippen LogP contribution in [-0.4, -0.2) is 4.57 Å². The summed E-state index contributed by atoms with van der Waals surface area (Å²) in [6, 6.07) is 85.4. The van der Waals surface area contributed by atoms with Gasteiger partial charge in [-0.25, -0.2) is 8.78 Å². The van der Waals surface area contributed by atoms with E-state index in [1.54, 1.807) is 24.3 Å². The highest BCUT2D eigenvalue weighted by Crippen LogP contribution is 2.46. The van der Waals surface area contributed by atoms with Crippen LogP contribution in [0.5, 0.6) is 0 Å². The van der Waals surface area contributed by atoms with Crippen molar-refractivity contribution in [2.24, 2.45) is 11.8 Å². The van der Waals surface area contributed by atoms with Crippen LogP contribution in [-0.2, 0) is 0 Å². The van der Waals surface area contributed by atoms with Gasteiger partial charge >= 0.3 is 0 Å². The molecule has 0 saturated carbocycles. The maximum absolute atomic E-state index is 14.8. The van der Waals surface area contributed by atoms with Crippen molar-refractivity contribution in [2.75, 3.05) is 9.80 Å². The molecule has 0 aliphatic heterocycles. The molecule has 0 radical (unpaired) electrons. The molecule has 4 unspecified atom stereocenters. The second kappa shape index (κ2) is 20.9. The first-order valence-corrected chi connectivity index (χ1v) is 28.3. The summed E-state index contributed by atoms with van der Waals surface area (Å²) in [4.78, 5) is 4.20. The molecule has 392 valence electrons. The number of benzene rings is 11. The monoisotopic (exact) mass is 1050 g/mol. The van der Waals surface area contributed by atoms with Gasteiger partial charge in [0.15, 0.2) is 0 Å². The zero-order valence-corrected chi connectivity index (χ0v) is 45.3. The number of halogens is 2. The van der Waals surface area contributed by atoms with Gasteiger partial charge < -0.3 is 14.4 Å². The van der Waals surface area contributed by atoms with Crippen molar-refractivity contribution in [2.45, 2.75) is 38.5 Å². The maximum atomic E-state index is 14.8. The smallest absolute Gasteiger partial charge is 0.125 e. The first-order valence-electron chi connectivity index (χ1n) is 28.3. The quantitative estimate of drug-likeness (QED) is 0.0945. The van der Waals surface area contributed by atoms with Crippen LogP contribution < -0.4 is 20.4 Å². The standard InChI is InChI=1S/C76H59F2N3/c1-50-17-9-10-26-65(50)76-68-29-13-11-27-66(68)75(67-28-12-14-30-69(67)76)54-35-42-62(43-36-54)81-73-44-37-55(52-31-38-60(39-32-52)79(58-20-5-3-6-21-58)63-24-15-18-56(77)47-63)46-71(73)72-49-70(51(2)45-74(72)81)53-33-40-61(41-34-53)80(59-22-7-4-8-23-59)64-25-16-19-57(78)48-64/h3-8,10-16,18-51,65,70H,9,17H2,1-2H3. The summed E-state index contributed by atoms with van der Waals surface area (Å²) in [7, 11) is 0. The van der Waals surface area contributed by atoms with E-state index in [1.165, 1.54) is 78.3 Å². The van der Waals surface area contributed by atoms with Crippen molar-refractivity contribution in [3.63, 3.8) is 0 Å². The van der Waals surface area contributed by atoms with Gasteiger partial charge in [0.1, 0.15) is 11.6 Å². The van der Waals surface area contributed by atoms with E-state index in [-0.39, 0.29) is 23.5 Å². The summed E-state index contributed by atoms with van der Waals surface area (Å²) >= 11 is 0. The number of hydrogen-bond donors (Lipinski definition) is 0. The van der Waals surface area contributed by atoms with Gasteiger partial charge in [0.05, 0.1) is 10.9 Å². The van der Waals surface area contributed by atoms with Gasteiger partial charge in [0, 0.05) is 62.3 Å². The van der Waals surface area contributed by atoms with Gasteiger partial charge in [-0.15, -0.1) is 0 Å². The SMILES string of the molecule is CC1C=c2c(c3cc(-c4ccc(N(c5ccccc5)c5cccc(F)c5)cc4)ccc3n2-c2ccc(-c3c4ccccc4c(C4C=CCCC4C)c4ccccc34)cc2)=CC1c1ccc(N(c2ccccc2)c2cccc(F)c2)cc1. The van der Waals surface area contributed by atoms with E-state index in [0.29, 0.717) is 11.8 Å². The number of nitrogens with zero attached hydrogens (tertiary/aromatic N) is 3. The van der Waals surface area contributed by atoms with Crippen LogP contribution in [0.1, 0.15) is 49.7 Å². The summed E-state index contributed by atoms with van der Waals surface area (Å²) in [6.45, 7) is 4.74. The predicted octanol–water partition coefficient (Wildman–Crippen LogP) is 19.6. The minimum Gasteiger partial charge on any atom is -0.310 e. The van der Waals surface area contributed by atoms with Crippen molar-refractivity contribution < 1.29 is 8.78 Å². The highest BCUT2D eigenvalue weighted by Gasteiger charge is 2.27. The van der Waals surface area contributed by atoms with Gasteiger partial charge in [-0.2, -0.15) is 0 Å². The summed E-state index contributed by atoms with van der Waals surface area (Å²) in [5.41, 5.74) is 14.8. The second-order valence-corrected chi connectivity index (χ2v) is 22.0. The third-order valence-electron chi connectivity index (χ3n) is 17.0. The van der Waals surface area contributed by atoms with Crippen LogP contribution >= 0.6 is 0 Å². The molecule has 2 aliphatic rings. The molecular formula is C76H59F2N3. The molecule has 5 heteroatoms. The van der Waals surface area contributed by atoms with E-state index >= 15 is 0 Å². The van der Waals surface area contributed by atoms with Gasteiger partial charge in [-0.05, 0) is 189 Å². The van der Waals surface area contributed by atoms with Crippen LogP contribution in [0.3, 0.4) is 0 Å². The number of aromatic nitrogens is 1. The molecule has 0 N–H and O–H groups in total. The van der Waals surface area contributed by atoms with Gasteiger partial charge in [-0.3, -0.25) is 0 Å². The van der Waals surface area contributed by atoms with Gasteiger partial charge in [0.2, 0.25) is 0 Å². The zero-order valence-electron chi connectivity index (χ0n) is 45.3. The fourth-order valence-electron chi connectivity index (χ4n) is 13.1. The highest BCUT2D eigenvalue weighted by molar-refractivity contribution is 6.15. The summed E-state index contributed by atoms with van der Waals surface area (Å²) in [5, 5.41) is 8.78. The maximum Gasteiger partial charge on any atom is 0.125 e. The highest BCUT2D eigenvalue weighted by atomic mass is 19.1. The van der Waals surface area contributed by atoms with E-state index < -0.39 is 0 Å². The van der Waals surface area contributed by atoms with Crippen LogP contribution in [0.4, 0.5) is 42.9 Å². The Labute approximate surface area is 472 Å². The number of rotatable bonds is 11. The zero-order chi connectivity index (χ0) is 54.6. The van der Waals surface area contributed by atoms with Crippen molar-refractivity contribution in [3.8, 4) is 27.9 Å². The fourth-order valence-corrected chi connectivity index (χ4v) is 13.1. The number of hydrogen-bond acceptors (Lipinski definition) is 2. The third kappa shape index (κ3) is 9.09. The van der Waals surface area contributed by atoms with Crippen LogP contribution in [0, 0.1) is 23.5 Å². The molecule has 11 aromatic carbocycles. The van der Waals surface area contributed by atoms with E-state index in [2.05, 4.69) is 204 Å². The molecule has 12 aromatic rings. The number of anilines is 6. The van der Waals surface area contributed by atoms with E-state index in [0.717, 1.165) is 62.9 Å². The minimum atomic E-state index is -0.280. The first kappa shape index (κ1) is 49.7. The number of para-hydroxylation sites is 2. The molecule has 0 fully saturated rings. The van der Waals surface area contributed by atoms with E-state index in [9.17, 15) is 8.78 Å². The topological polar surface area (TPSA) is 11.4 Å². The van der Waals surface area contributed by atoms with Gasteiger partial charge in [0.25, 0.3) is 0 Å². The lowest BCUT2D eigenvalue weighted by Crippen LogP contribution is -2.34. The predicted molar refractivity (Wildman–Crippen MR) is 335 cm³/mol. The average Bonchev–Trinajstić information content (AvgIpc) is 4.05. The Morgan fingerprint density at radius 2 is 0.926 bits per heavy atom. The lowest BCUT2D eigenvalue weighted by atomic mass is 9.76. The van der Waals surface area contributed by atoms with Crippen molar-refractivity contribution in [1.82, 2.24) is 4.57 Å². The van der Waals surface area contributed by atoms with Crippen LogP contribution in [0.25, 0.3) is 72.5 Å². The third-order valence-corrected chi connectivity index (χ3v) is 17.0. The van der Waals surface area contributed by atoms with E-state index in [1.807, 2.05) is 60.7 Å². The molecule has 1 heterocycles. The average molecular weight is 1050 g/mol. The molecule has 0 saturated heterocycles. The molecule has 2 aliphatic carbocycles.